The SMILES string of the molecule is COC(=O)c1sc(-n2cnc3ccc(OCc4ccc(OC)cc4)cc32)cc1OC(C)c1ccccc1C(F)(F)F. The Morgan fingerprint density at radius 3 is 2.44 bits per heavy atom. The number of imidazole rings is 1. The number of methoxy groups -OCH3 is 2. The van der Waals surface area contributed by atoms with Crippen LogP contribution in [0.3, 0.4) is 0 Å². The van der Waals surface area contributed by atoms with E-state index in [4.69, 9.17) is 18.9 Å². The number of fused-ring (bicyclic) bond motifs is 1. The summed E-state index contributed by atoms with van der Waals surface area (Å²) in [6, 6.07) is 19.8. The summed E-state index contributed by atoms with van der Waals surface area (Å²) in [6.45, 7) is 1.84. The van der Waals surface area contributed by atoms with E-state index in [0.717, 1.165) is 28.7 Å². The van der Waals surface area contributed by atoms with E-state index in [1.165, 1.54) is 32.2 Å². The smallest absolute Gasteiger partial charge is 0.416 e. The van der Waals surface area contributed by atoms with Crippen LogP contribution in [0.2, 0.25) is 0 Å². The number of carbonyl (C=O) groups excluding carboxylic acids is 1. The third kappa shape index (κ3) is 5.99. The molecule has 5 rings (SSSR count). The molecular formula is C30H25F3N2O5S. The molecule has 0 radical (unpaired) electrons. The van der Waals surface area contributed by atoms with E-state index < -0.39 is 23.8 Å². The molecule has 0 aliphatic carbocycles. The first kappa shape index (κ1) is 28.0. The highest BCUT2D eigenvalue weighted by atomic mass is 32.1. The van der Waals surface area contributed by atoms with Crippen molar-refractivity contribution in [3.8, 4) is 22.2 Å². The van der Waals surface area contributed by atoms with Crippen molar-refractivity contribution in [1.82, 2.24) is 9.55 Å². The Hall–Kier alpha value is -4.51. The fourth-order valence-corrected chi connectivity index (χ4v) is 5.30. The lowest BCUT2D eigenvalue weighted by Gasteiger charge is -2.19. The maximum atomic E-state index is 13.6. The summed E-state index contributed by atoms with van der Waals surface area (Å²) < 4.78 is 64.6. The number of benzene rings is 3. The van der Waals surface area contributed by atoms with Crippen LogP contribution in [0.4, 0.5) is 13.2 Å². The molecule has 5 aromatic rings. The van der Waals surface area contributed by atoms with Crippen molar-refractivity contribution < 1.29 is 36.9 Å². The van der Waals surface area contributed by atoms with Crippen LogP contribution in [0.15, 0.2) is 79.1 Å². The molecule has 2 aromatic heterocycles. The Morgan fingerprint density at radius 2 is 1.73 bits per heavy atom. The molecule has 7 nitrogen and oxygen atoms in total. The minimum atomic E-state index is -4.55. The lowest BCUT2D eigenvalue weighted by atomic mass is 10.0. The van der Waals surface area contributed by atoms with Crippen LogP contribution < -0.4 is 14.2 Å². The molecule has 0 bridgehead atoms. The third-order valence-corrected chi connectivity index (χ3v) is 7.48. The fourth-order valence-electron chi connectivity index (χ4n) is 4.31. The summed E-state index contributed by atoms with van der Waals surface area (Å²) in [6.07, 6.45) is -3.96. The highest BCUT2D eigenvalue weighted by molar-refractivity contribution is 7.16. The van der Waals surface area contributed by atoms with Crippen LogP contribution in [0, 0.1) is 0 Å². The molecule has 0 fully saturated rings. The van der Waals surface area contributed by atoms with Gasteiger partial charge in [0.2, 0.25) is 0 Å². The van der Waals surface area contributed by atoms with Crippen molar-refractivity contribution in [3.05, 3.63) is 101 Å². The van der Waals surface area contributed by atoms with Gasteiger partial charge in [-0.1, -0.05) is 30.3 Å². The second-order valence-electron chi connectivity index (χ2n) is 9.02. The Bertz CT molecular complexity index is 1680. The van der Waals surface area contributed by atoms with Crippen LogP contribution in [-0.2, 0) is 17.5 Å². The van der Waals surface area contributed by atoms with Crippen molar-refractivity contribution in [2.24, 2.45) is 0 Å². The second-order valence-corrected chi connectivity index (χ2v) is 10.0. The van der Waals surface area contributed by atoms with E-state index in [1.807, 2.05) is 42.5 Å². The van der Waals surface area contributed by atoms with E-state index in [-0.39, 0.29) is 16.2 Å². The number of alkyl halides is 3. The summed E-state index contributed by atoms with van der Waals surface area (Å²) in [5.74, 6) is 0.799. The van der Waals surface area contributed by atoms with Crippen LogP contribution in [-0.4, -0.2) is 29.7 Å². The fraction of sp³-hybridized carbons (Fsp3) is 0.200. The summed E-state index contributed by atoms with van der Waals surface area (Å²) in [4.78, 5) is 17.2. The first-order chi connectivity index (χ1) is 19.7. The molecule has 0 aliphatic heterocycles. The number of aromatic nitrogens is 2. The van der Waals surface area contributed by atoms with Crippen molar-refractivity contribution in [1.29, 1.82) is 0 Å². The first-order valence-electron chi connectivity index (χ1n) is 12.5. The van der Waals surface area contributed by atoms with Gasteiger partial charge in [-0.25, -0.2) is 9.78 Å². The summed E-state index contributed by atoms with van der Waals surface area (Å²) in [5, 5.41) is 0.562. The Balaban J connectivity index is 1.44. The van der Waals surface area contributed by atoms with Gasteiger partial charge in [-0.15, -0.1) is 11.3 Å². The molecule has 0 N–H and O–H groups in total. The highest BCUT2D eigenvalue weighted by Gasteiger charge is 2.35. The van der Waals surface area contributed by atoms with Gasteiger partial charge in [0.05, 0.1) is 30.8 Å². The molecule has 0 aliphatic rings. The van der Waals surface area contributed by atoms with Gasteiger partial charge in [0.15, 0.2) is 4.88 Å². The van der Waals surface area contributed by atoms with Crippen LogP contribution >= 0.6 is 11.3 Å². The molecule has 2 heterocycles. The monoisotopic (exact) mass is 582 g/mol. The third-order valence-electron chi connectivity index (χ3n) is 6.38. The molecule has 41 heavy (non-hydrogen) atoms. The minimum absolute atomic E-state index is 0.0460. The number of halogens is 3. The zero-order chi connectivity index (χ0) is 29.1. The molecule has 11 heteroatoms. The van der Waals surface area contributed by atoms with Gasteiger partial charge in [0.1, 0.15) is 41.3 Å². The number of hydrogen-bond acceptors (Lipinski definition) is 7. The van der Waals surface area contributed by atoms with Gasteiger partial charge in [-0.2, -0.15) is 13.2 Å². The average Bonchev–Trinajstić information content (AvgIpc) is 3.59. The number of nitrogens with zero attached hydrogens (tertiary/aromatic N) is 2. The average molecular weight is 583 g/mol. The maximum Gasteiger partial charge on any atom is 0.416 e. The second kappa shape index (κ2) is 11.5. The standard InChI is InChI=1S/C30H25F3N2O5S/c1-18(22-6-4-5-7-23(22)30(31,32)33)40-26-15-27(41-28(26)29(36)38-3)35-17-34-24-13-12-21(14-25(24)35)39-16-19-8-10-20(37-2)11-9-19/h4-15,17-18H,16H2,1-3H3. The van der Waals surface area contributed by atoms with Gasteiger partial charge in [-0.3, -0.25) is 4.57 Å². The molecule has 1 atom stereocenters. The normalized spacial score (nSPS) is 12.2. The molecule has 212 valence electrons. The van der Waals surface area contributed by atoms with Crippen molar-refractivity contribution in [2.75, 3.05) is 14.2 Å². The quantitative estimate of drug-likeness (QED) is 0.167. The van der Waals surface area contributed by atoms with Gasteiger partial charge in [0, 0.05) is 17.7 Å². The molecule has 0 saturated carbocycles. The van der Waals surface area contributed by atoms with Crippen molar-refractivity contribution in [2.45, 2.75) is 25.8 Å². The lowest BCUT2D eigenvalue weighted by Crippen LogP contribution is -2.14. The number of esters is 1. The molecule has 3 aromatic carbocycles. The largest absolute Gasteiger partial charge is 0.497 e. The van der Waals surface area contributed by atoms with Crippen LogP contribution in [0.5, 0.6) is 17.2 Å². The minimum Gasteiger partial charge on any atom is -0.497 e. The van der Waals surface area contributed by atoms with E-state index in [9.17, 15) is 18.0 Å². The number of ether oxygens (including phenoxy) is 4. The summed E-state index contributed by atoms with van der Waals surface area (Å²) in [7, 11) is 2.83. The van der Waals surface area contributed by atoms with Crippen molar-refractivity contribution in [3.63, 3.8) is 0 Å². The van der Waals surface area contributed by atoms with Crippen LogP contribution in [0.25, 0.3) is 16.0 Å². The van der Waals surface area contributed by atoms with Crippen molar-refractivity contribution >= 4 is 28.3 Å². The lowest BCUT2D eigenvalue weighted by molar-refractivity contribution is -0.139. The van der Waals surface area contributed by atoms with E-state index in [0.29, 0.717) is 28.4 Å². The predicted molar refractivity (Wildman–Crippen MR) is 148 cm³/mol. The maximum absolute atomic E-state index is 13.6. The number of carbonyl (C=O) groups is 1. The van der Waals surface area contributed by atoms with Gasteiger partial charge in [-0.05, 0) is 42.8 Å². The molecule has 0 amide bonds. The van der Waals surface area contributed by atoms with E-state index in [1.54, 1.807) is 24.1 Å². The van der Waals surface area contributed by atoms with Gasteiger partial charge in [0.25, 0.3) is 0 Å². The zero-order valence-corrected chi connectivity index (χ0v) is 23.1. The number of thiophene rings is 1. The number of hydrogen-bond donors (Lipinski definition) is 0. The van der Waals surface area contributed by atoms with Crippen LogP contribution in [0.1, 0.15) is 39.4 Å². The topological polar surface area (TPSA) is 71.8 Å². The Labute approximate surface area is 237 Å². The van der Waals surface area contributed by atoms with Gasteiger partial charge < -0.3 is 18.9 Å². The Morgan fingerprint density at radius 1 is 1.00 bits per heavy atom. The van der Waals surface area contributed by atoms with E-state index in [2.05, 4.69) is 4.98 Å². The Kier molecular flexibility index (Phi) is 7.89. The molecule has 0 saturated heterocycles. The molecule has 0 spiro atoms. The number of rotatable bonds is 9. The summed E-state index contributed by atoms with van der Waals surface area (Å²) >= 11 is 1.08. The van der Waals surface area contributed by atoms with E-state index >= 15 is 0 Å². The summed E-state index contributed by atoms with van der Waals surface area (Å²) in [5.41, 5.74) is 1.51. The zero-order valence-electron chi connectivity index (χ0n) is 22.3. The van der Waals surface area contributed by atoms with Gasteiger partial charge >= 0.3 is 12.1 Å². The molecule has 1 unspecified atom stereocenters. The highest BCUT2D eigenvalue weighted by Crippen LogP contribution is 2.40. The molecular weight excluding hydrogens is 557 g/mol. The predicted octanol–water partition coefficient (Wildman–Crippen LogP) is 7.62. The first-order valence-corrected chi connectivity index (χ1v) is 13.3.